The Kier molecular flexibility index (Phi) is 3.90. The number of hydrogen-bond acceptors (Lipinski definition) is 3. The van der Waals surface area contributed by atoms with Crippen LogP contribution in [0.2, 0.25) is 0 Å². The number of ketones is 1. The third-order valence-electron chi connectivity index (χ3n) is 3.34. The van der Waals surface area contributed by atoms with Gasteiger partial charge in [0.25, 0.3) is 0 Å². The minimum absolute atomic E-state index is 0.00440. The van der Waals surface area contributed by atoms with Crippen LogP contribution < -0.4 is 4.74 Å². The van der Waals surface area contributed by atoms with Gasteiger partial charge in [0, 0.05) is 6.42 Å². The minimum Gasteiger partial charge on any atom is -0.507 e. The van der Waals surface area contributed by atoms with E-state index in [4.69, 9.17) is 4.74 Å². The van der Waals surface area contributed by atoms with E-state index in [-0.39, 0.29) is 17.6 Å². The molecule has 0 saturated heterocycles. The average molecular weight is 248 g/mol. The first-order valence-corrected chi connectivity index (χ1v) is 6.65. The van der Waals surface area contributed by atoms with Crippen molar-refractivity contribution in [2.75, 3.05) is 0 Å². The Morgan fingerprint density at radius 2 is 2.17 bits per heavy atom. The van der Waals surface area contributed by atoms with Gasteiger partial charge in [-0.3, -0.25) is 4.79 Å². The molecule has 1 unspecified atom stereocenters. The van der Waals surface area contributed by atoms with Crippen LogP contribution in [0.5, 0.6) is 11.5 Å². The maximum absolute atomic E-state index is 12.0. The van der Waals surface area contributed by atoms with Crippen LogP contribution in [0.4, 0.5) is 0 Å². The van der Waals surface area contributed by atoms with Gasteiger partial charge in [0.2, 0.25) is 0 Å². The van der Waals surface area contributed by atoms with Crippen LogP contribution in [-0.2, 0) is 0 Å². The summed E-state index contributed by atoms with van der Waals surface area (Å²) in [4.78, 5) is 12.0. The van der Waals surface area contributed by atoms with Crippen LogP contribution in [0.3, 0.4) is 0 Å². The molecule has 1 heterocycles. The van der Waals surface area contributed by atoms with Crippen LogP contribution in [0.25, 0.3) is 0 Å². The van der Waals surface area contributed by atoms with E-state index in [1.165, 1.54) is 6.42 Å². The van der Waals surface area contributed by atoms with Gasteiger partial charge >= 0.3 is 0 Å². The molecule has 0 aliphatic carbocycles. The number of carbonyl (C=O) groups is 1. The molecule has 0 fully saturated rings. The number of benzene rings is 1. The lowest BCUT2D eigenvalue weighted by Gasteiger charge is -2.26. The normalized spacial score (nSPS) is 18.3. The third kappa shape index (κ3) is 2.66. The molecule has 0 radical (unpaired) electrons. The number of ether oxygens (including phenoxy) is 1. The zero-order valence-corrected chi connectivity index (χ0v) is 11.0. The van der Waals surface area contributed by atoms with Crippen molar-refractivity contribution < 1.29 is 14.6 Å². The molecule has 1 N–H and O–H groups in total. The Labute approximate surface area is 108 Å². The van der Waals surface area contributed by atoms with Crippen molar-refractivity contribution in [3.8, 4) is 11.5 Å². The Bertz CT molecular complexity index is 451. The quantitative estimate of drug-likeness (QED) is 0.828. The number of hydrogen-bond donors (Lipinski definition) is 1. The maximum atomic E-state index is 12.0. The lowest BCUT2D eigenvalue weighted by Crippen LogP contribution is -2.27. The SMILES string of the molecule is CCCCCC1CC(=O)c2c(O)cc(C)cc2O1. The highest BCUT2D eigenvalue weighted by molar-refractivity contribution is 6.02. The number of aromatic hydroxyl groups is 1. The second kappa shape index (κ2) is 5.42. The standard InChI is InChI=1S/C15H20O3/c1-3-4-5-6-11-9-13(17)15-12(16)7-10(2)8-14(15)18-11/h7-8,11,16H,3-6,9H2,1-2H3. The van der Waals surface area contributed by atoms with Gasteiger partial charge in [0.05, 0.1) is 0 Å². The van der Waals surface area contributed by atoms with Gasteiger partial charge in [0.15, 0.2) is 5.78 Å². The smallest absolute Gasteiger partial charge is 0.174 e. The average Bonchev–Trinajstić information content (AvgIpc) is 2.27. The van der Waals surface area contributed by atoms with Crippen molar-refractivity contribution in [2.45, 2.75) is 52.1 Å². The van der Waals surface area contributed by atoms with Gasteiger partial charge in [-0.15, -0.1) is 0 Å². The molecule has 18 heavy (non-hydrogen) atoms. The van der Waals surface area contributed by atoms with Crippen LogP contribution in [0.1, 0.15) is 54.9 Å². The van der Waals surface area contributed by atoms with Crippen molar-refractivity contribution in [1.82, 2.24) is 0 Å². The molecule has 0 bridgehead atoms. The largest absolute Gasteiger partial charge is 0.507 e. The molecule has 1 aromatic carbocycles. The fourth-order valence-electron chi connectivity index (χ4n) is 2.42. The van der Waals surface area contributed by atoms with Gasteiger partial charge in [-0.1, -0.05) is 19.8 Å². The van der Waals surface area contributed by atoms with Crippen LogP contribution in [-0.4, -0.2) is 17.0 Å². The highest BCUT2D eigenvalue weighted by atomic mass is 16.5. The van der Waals surface area contributed by atoms with Crippen molar-refractivity contribution in [3.63, 3.8) is 0 Å². The minimum atomic E-state index is -0.0299. The lowest BCUT2D eigenvalue weighted by atomic mass is 9.96. The number of phenolic OH excluding ortho intramolecular Hbond substituents is 1. The van der Waals surface area contributed by atoms with E-state index < -0.39 is 0 Å². The summed E-state index contributed by atoms with van der Waals surface area (Å²) >= 11 is 0. The number of aryl methyl sites for hydroxylation is 1. The first-order valence-electron chi connectivity index (χ1n) is 6.65. The third-order valence-corrected chi connectivity index (χ3v) is 3.34. The number of rotatable bonds is 4. The first-order chi connectivity index (χ1) is 8.61. The van der Waals surface area contributed by atoms with Crippen molar-refractivity contribution >= 4 is 5.78 Å². The maximum Gasteiger partial charge on any atom is 0.174 e. The van der Waals surface area contributed by atoms with Crippen molar-refractivity contribution in [3.05, 3.63) is 23.3 Å². The Morgan fingerprint density at radius 1 is 1.39 bits per heavy atom. The molecule has 1 aliphatic heterocycles. The molecular weight excluding hydrogens is 228 g/mol. The second-order valence-electron chi connectivity index (χ2n) is 5.02. The number of carbonyl (C=O) groups excluding carboxylic acids is 1. The van der Waals surface area contributed by atoms with E-state index in [9.17, 15) is 9.90 Å². The van der Waals surface area contributed by atoms with Crippen LogP contribution in [0, 0.1) is 6.92 Å². The summed E-state index contributed by atoms with van der Waals surface area (Å²) in [6.07, 6.45) is 4.68. The fraction of sp³-hybridized carbons (Fsp3) is 0.533. The van der Waals surface area contributed by atoms with E-state index in [0.29, 0.717) is 17.7 Å². The molecular formula is C15H20O3. The Balaban J connectivity index is 2.15. The summed E-state index contributed by atoms with van der Waals surface area (Å²) in [5.41, 5.74) is 1.26. The van der Waals surface area contributed by atoms with Crippen molar-refractivity contribution in [1.29, 1.82) is 0 Å². The predicted molar refractivity (Wildman–Crippen MR) is 70.3 cm³/mol. The van der Waals surface area contributed by atoms with Gasteiger partial charge in [0.1, 0.15) is 23.2 Å². The molecule has 0 aromatic heterocycles. The summed E-state index contributed by atoms with van der Waals surface area (Å²) in [7, 11) is 0. The Hall–Kier alpha value is -1.51. The molecule has 1 atom stereocenters. The fourth-order valence-corrected chi connectivity index (χ4v) is 2.42. The zero-order chi connectivity index (χ0) is 13.1. The monoisotopic (exact) mass is 248 g/mol. The van der Waals surface area contributed by atoms with E-state index in [2.05, 4.69) is 6.92 Å². The molecule has 0 saturated carbocycles. The van der Waals surface area contributed by atoms with Crippen LogP contribution in [0.15, 0.2) is 12.1 Å². The van der Waals surface area contributed by atoms with Gasteiger partial charge < -0.3 is 9.84 Å². The summed E-state index contributed by atoms with van der Waals surface area (Å²) in [6.45, 7) is 4.04. The van der Waals surface area contributed by atoms with E-state index in [1.807, 2.05) is 13.0 Å². The highest BCUT2D eigenvalue weighted by Gasteiger charge is 2.28. The predicted octanol–water partition coefficient (Wildman–Crippen LogP) is 3.61. The number of Topliss-reactive ketones (excluding diaryl/α,β-unsaturated/α-hetero) is 1. The molecule has 1 aliphatic rings. The molecule has 2 rings (SSSR count). The summed E-state index contributed by atoms with van der Waals surface area (Å²) < 4.78 is 5.83. The summed E-state index contributed by atoms with van der Waals surface area (Å²) in [6, 6.07) is 3.44. The van der Waals surface area contributed by atoms with E-state index >= 15 is 0 Å². The number of phenols is 1. The number of fused-ring (bicyclic) bond motifs is 1. The van der Waals surface area contributed by atoms with E-state index in [0.717, 1.165) is 24.8 Å². The zero-order valence-electron chi connectivity index (χ0n) is 11.0. The lowest BCUT2D eigenvalue weighted by molar-refractivity contribution is 0.0830. The highest BCUT2D eigenvalue weighted by Crippen LogP contribution is 2.36. The molecule has 3 nitrogen and oxygen atoms in total. The second-order valence-corrected chi connectivity index (χ2v) is 5.02. The summed E-state index contributed by atoms with van der Waals surface area (Å²) in [5.74, 6) is 0.586. The Morgan fingerprint density at radius 3 is 2.89 bits per heavy atom. The van der Waals surface area contributed by atoms with Gasteiger partial charge in [-0.2, -0.15) is 0 Å². The molecule has 98 valence electrons. The van der Waals surface area contributed by atoms with Gasteiger partial charge in [-0.05, 0) is 37.5 Å². The van der Waals surface area contributed by atoms with Crippen molar-refractivity contribution in [2.24, 2.45) is 0 Å². The van der Waals surface area contributed by atoms with Crippen LogP contribution >= 0.6 is 0 Å². The first kappa shape index (κ1) is 12.9. The molecule has 3 heteroatoms. The molecule has 0 amide bonds. The summed E-state index contributed by atoms with van der Waals surface area (Å²) in [5, 5.41) is 9.81. The molecule has 0 spiro atoms. The number of unbranched alkanes of at least 4 members (excludes halogenated alkanes) is 2. The van der Waals surface area contributed by atoms with Gasteiger partial charge in [-0.25, -0.2) is 0 Å². The molecule has 1 aromatic rings. The van der Waals surface area contributed by atoms with E-state index in [1.54, 1.807) is 6.07 Å². The topological polar surface area (TPSA) is 46.5 Å².